The van der Waals surface area contributed by atoms with E-state index in [2.05, 4.69) is 31.1 Å². The highest BCUT2D eigenvalue weighted by Gasteiger charge is 2.16. The number of nitrogens with zero attached hydrogens (tertiary/aromatic N) is 1. The van der Waals surface area contributed by atoms with Crippen LogP contribution in [0.4, 0.5) is 5.69 Å². The van der Waals surface area contributed by atoms with E-state index in [9.17, 15) is 4.79 Å². The number of carbonyl (C=O) groups is 1. The van der Waals surface area contributed by atoms with Crippen molar-refractivity contribution in [2.45, 2.75) is 40.5 Å². The highest BCUT2D eigenvalue weighted by molar-refractivity contribution is 7.13. The predicted molar refractivity (Wildman–Crippen MR) is 89.2 cm³/mol. The Morgan fingerprint density at radius 3 is 2.52 bits per heavy atom. The van der Waals surface area contributed by atoms with E-state index < -0.39 is 0 Å². The van der Waals surface area contributed by atoms with E-state index in [1.807, 2.05) is 31.2 Å². The van der Waals surface area contributed by atoms with Crippen molar-refractivity contribution in [2.24, 2.45) is 5.92 Å². The summed E-state index contributed by atoms with van der Waals surface area (Å²) in [5, 5.41) is 3.98. The summed E-state index contributed by atoms with van der Waals surface area (Å²) >= 11 is 1.50. The number of benzene rings is 1. The van der Waals surface area contributed by atoms with E-state index in [4.69, 9.17) is 0 Å². The summed E-state index contributed by atoms with van der Waals surface area (Å²) in [5.74, 6) is 0.484. The minimum atomic E-state index is -0.0655. The maximum Gasteiger partial charge on any atom is 0.267 e. The van der Waals surface area contributed by atoms with Crippen molar-refractivity contribution < 1.29 is 4.79 Å². The van der Waals surface area contributed by atoms with Gasteiger partial charge in [-0.05, 0) is 37.0 Å². The minimum Gasteiger partial charge on any atom is -0.321 e. The first-order valence-corrected chi connectivity index (χ1v) is 8.17. The first-order chi connectivity index (χ1) is 9.99. The maximum absolute atomic E-state index is 12.3. The molecule has 21 heavy (non-hydrogen) atoms. The first kappa shape index (κ1) is 15.7. The van der Waals surface area contributed by atoms with Gasteiger partial charge in [0.15, 0.2) is 0 Å². The number of thiazole rings is 1. The third-order valence-corrected chi connectivity index (χ3v) is 4.43. The number of hydrogen-bond acceptors (Lipinski definition) is 3. The number of aromatic nitrogens is 1. The summed E-state index contributed by atoms with van der Waals surface area (Å²) in [5.41, 5.74) is 2.91. The van der Waals surface area contributed by atoms with Gasteiger partial charge >= 0.3 is 0 Å². The van der Waals surface area contributed by atoms with Gasteiger partial charge in [-0.2, -0.15) is 0 Å². The zero-order valence-electron chi connectivity index (χ0n) is 13.1. The Labute approximate surface area is 130 Å². The summed E-state index contributed by atoms with van der Waals surface area (Å²) in [6, 6.07) is 7.98. The second kappa shape index (κ2) is 6.85. The molecule has 0 aliphatic carbocycles. The highest BCUT2D eigenvalue weighted by atomic mass is 32.1. The monoisotopic (exact) mass is 302 g/mol. The van der Waals surface area contributed by atoms with Crippen LogP contribution in [0, 0.1) is 12.8 Å². The van der Waals surface area contributed by atoms with Gasteiger partial charge in [0.1, 0.15) is 4.88 Å². The SMILES string of the molecule is CCc1ccc(NC(=O)c2sc(CC(C)C)nc2C)cc1. The van der Waals surface area contributed by atoms with Crippen LogP contribution in [0.15, 0.2) is 24.3 Å². The first-order valence-electron chi connectivity index (χ1n) is 7.36. The van der Waals surface area contributed by atoms with Crippen LogP contribution in [-0.4, -0.2) is 10.9 Å². The Balaban J connectivity index is 2.10. The Hall–Kier alpha value is -1.68. The quantitative estimate of drug-likeness (QED) is 0.885. The molecule has 0 spiro atoms. The molecule has 1 amide bonds. The highest BCUT2D eigenvalue weighted by Crippen LogP contribution is 2.22. The molecule has 112 valence electrons. The molecule has 1 aromatic heterocycles. The zero-order valence-corrected chi connectivity index (χ0v) is 13.9. The molecule has 0 fully saturated rings. The van der Waals surface area contributed by atoms with Gasteiger partial charge in [-0.3, -0.25) is 4.79 Å². The number of hydrogen-bond donors (Lipinski definition) is 1. The summed E-state index contributed by atoms with van der Waals surface area (Å²) in [6.45, 7) is 8.33. The molecule has 0 aliphatic heterocycles. The van der Waals surface area contributed by atoms with Gasteiger partial charge in [0.25, 0.3) is 5.91 Å². The number of carbonyl (C=O) groups excluding carboxylic acids is 1. The van der Waals surface area contributed by atoms with Crippen molar-refractivity contribution in [1.29, 1.82) is 0 Å². The number of rotatable bonds is 5. The molecule has 4 heteroatoms. The van der Waals surface area contributed by atoms with Crippen LogP contribution in [-0.2, 0) is 12.8 Å². The van der Waals surface area contributed by atoms with E-state index in [-0.39, 0.29) is 5.91 Å². The standard InChI is InChI=1S/C17H22N2OS/c1-5-13-6-8-14(9-7-13)19-17(20)16-12(4)18-15(21-16)10-11(2)3/h6-9,11H,5,10H2,1-4H3,(H,19,20). The fraction of sp³-hybridized carbons (Fsp3) is 0.412. The fourth-order valence-corrected chi connectivity index (χ4v) is 3.28. The van der Waals surface area contributed by atoms with Crippen LogP contribution in [0.2, 0.25) is 0 Å². The lowest BCUT2D eigenvalue weighted by Crippen LogP contribution is -2.11. The van der Waals surface area contributed by atoms with Crippen LogP contribution < -0.4 is 5.32 Å². The van der Waals surface area contributed by atoms with Gasteiger partial charge in [-0.25, -0.2) is 4.98 Å². The number of anilines is 1. The number of aryl methyl sites for hydroxylation is 2. The molecule has 0 saturated heterocycles. The lowest BCUT2D eigenvalue weighted by atomic mass is 10.1. The lowest BCUT2D eigenvalue weighted by molar-refractivity contribution is 0.103. The van der Waals surface area contributed by atoms with Crippen molar-refractivity contribution in [2.75, 3.05) is 5.32 Å². The van der Waals surface area contributed by atoms with Crippen molar-refractivity contribution in [3.05, 3.63) is 45.4 Å². The van der Waals surface area contributed by atoms with Crippen molar-refractivity contribution in [1.82, 2.24) is 4.98 Å². The smallest absolute Gasteiger partial charge is 0.267 e. The van der Waals surface area contributed by atoms with Gasteiger partial charge in [0, 0.05) is 12.1 Å². The topological polar surface area (TPSA) is 42.0 Å². The van der Waals surface area contributed by atoms with Gasteiger partial charge in [0.05, 0.1) is 10.7 Å². The average Bonchev–Trinajstić information content (AvgIpc) is 2.79. The van der Waals surface area contributed by atoms with Crippen LogP contribution in [0.1, 0.15) is 46.7 Å². The summed E-state index contributed by atoms with van der Waals surface area (Å²) in [6.07, 6.45) is 1.92. The molecule has 0 unspecified atom stereocenters. The zero-order chi connectivity index (χ0) is 15.4. The molecular weight excluding hydrogens is 280 g/mol. The molecule has 2 rings (SSSR count). The van der Waals surface area contributed by atoms with Crippen LogP contribution >= 0.6 is 11.3 Å². The van der Waals surface area contributed by atoms with Crippen molar-refractivity contribution in [3.8, 4) is 0 Å². The molecule has 1 heterocycles. The Bertz CT molecular complexity index is 614. The van der Waals surface area contributed by atoms with Crippen LogP contribution in [0.25, 0.3) is 0 Å². The molecule has 1 N–H and O–H groups in total. The normalized spacial score (nSPS) is 10.9. The van der Waals surface area contributed by atoms with Gasteiger partial charge in [0.2, 0.25) is 0 Å². The molecule has 0 saturated carbocycles. The van der Waals surface area contributed by atoms with Crippen molar-refractivity contribution >= 4 is 22.9 Å². The third-order valence-electron chi connectivity index (χ3n) is 3.25. The number of amides is 1. The minimum absolute atomic E-state index is 0.0655. The van der Waals surface area contributed by atoms with E-state index >= 15 is 0 Å². The molecule has 2 aromatic rings. The van der Waals surface area contributed by atoms with Crippen LogP contribution in [0.5, 0.6) is 0 Å². The largest absolute Gasteiger partial charge is 0.321 e. The maximum atomic E-state index is 12.3. The van der Waals surface area contributed by atoms with Gasteiger partial charge < -0.3 is 5.32 Å². The Kier molecular flexibility index (Phi) is 5.12. The Morgan fingerprint density at radius 1 is 1.29 bits per heavy atom. The summed E-state index contributed by atoms with van der Waals surface area (Å²) in [7, 11) is 0. The molecule has 0 bridgehead atoms. The predicted octanol–water partition coefficient (Wildman–Crippen LogP) is 4.46. The molecular formula is C17H22N2OS. The van der Waals surface area contributed by atoms with Crippen molar-refractivity contribution in [3.63, 3.8) is 0 Å². The average molecular weight is 302 g/mol. The molecule has 0 aliphatic rings. The number of nitrogens with one attached hydrogen (secondary N) is 1. The second-order valence-corrected chi connectivity index (χ2v) is 6.71. The summed E-state index contributed by atoms with van der Waals surface area (Å²) in [4.78, 5) is 17.6. The lowest BCUT2D eigenvalue weighted by Gasteiger charge is -2.05. The molecule has 0 atom stereocenters. The van der Waals surface area contributed by atoms with E-state index in [0.29, 0.717) is 10.8 Å². The van der Waals surface area contributed by atoms with Gasteiger partial charge in [-0.1, -0.05) is 32.9 Å². The molecule has 3 nitrogen and oxygen atoms in total. The van der Waals surface area contributed by atoms with Crippen LogP contribution in [0.3, 0.4) is 0 Å². The molecule has 0 radical (unpaired) electrons. The molecule has 1 aromatic carbocycles. The fourth-order valence-electron chi connectivity index (χ4n) is 2.11. The second-order valence-electron chi connectivity index (χ2n) is 5.62. The van der Waals surface area contributed by atoms with E-state index in [1.54, 1.807) is 0 Å². The van der Waals surface area contributed by atoms with E-state index in [0.717, 1.165) is 29.2 Å². The third kappa shape index (κ3) is 4.14. The van der Waals surface area contributed by atoms with Gasteiger partial charge in [-0.15, -0.1) is 11.3 Å². The Morgan fingerprint density at radius 2 is 1.95 bits per heavy atom. The summed E-state index contributed by atoms with van der Waals surface area (Å²) < 4.78 is 0. The van der Waals surface area contributed by atoms with E-state index in [1.165, 1.54) is 16.9 Å².